The number of nitrogens with zero attached hydrogens (tertiary/aromatic N) is 1. The van der Waals surface area contributed by atoms with E-state index >= 15 is 0 Å². The molecule has 1 aromatic carbocycles. The molecule has 0 aliphatic carbocycles. The number of oxime groups is 1. The fourth-order valence-corrected chi connectivity index (χ4v) is 1.59. The van der Waals surface area contributed by atoms with Crippen LogP contribution in [0.25, 0.3) is 0 Å². The molecule has 0 saturated heterocycles. The molecular formula is C14H19NO3. The average molecular weight is 249 g/mol. The summed E-state index contributed by atoms with van der Waals surface area (Å²) in [7, 11) is 0. The monoisotopic (exact) mass is 249 g/mol. The van der Waals surface area contributed by atoms with Gasteiger partial charge in [0.25, 0.3) is 0 Å². The van der Waals surface area contributed by atoms with Crippen molar-refractivity contribution in [3.63, 3.8) is 0 Å². The van der Waals surface area contributed by atoms with Crippen LogP contribution in [0.2, 0.25) is 0 Å². The number of rotatable bonds is 7. The third-order valence-electron chi connectivity index (χ3n) is 2.64. The maximum Gasteiger partial charge on any atom is 0.314 e. The first-order chi connectivity index (χ1) is 8.77. The van der Waals surface area contributed by atoms with E-state index in [0.29, 0.717) is 6.42 Å². The topological polar surface area (TPSA) is 58.9 Å². The van der Waals surface area contributed by atoms with E-state index in [1.807, 2.05) is 37.3 Å². The number of hydrogen-bond acceptors (Lipinski definition) is 4. The highest BCUT2D eigenvalue weighted by Crippen LogP contribution is 2.10. The lowest BCUT2D eigenvalue weighted by Crippen LogP contribution is -2.19. The molecule has 4 heteroatoms. The van der Waals surface area contributed by atoms with Crippen molar-refractivity contribution in [3.05, 3.63) is 35.9 Å². The van der Waals surface area contributed by atoms with E-state index in [1.165, 1.54) is 6.21 Å². The van der Waals surface area contributed by atoms with Crippen LogP contribution in [-0.2, 0) is 16.1 Å². The normalized spacial score (nSPS) is 12.5. The molecule has 1 rings (SSSR count). The van der Waals surface area contributed by atoms with Crippen LogP contribution < -0.4 is 0 Å². The molecule has 0 heterocycles. The number of ether oxygens (including phenoxy) is 1. The van der Waals surface area contributed by atoms with Crippen molar-refractivity contribution >= 4 is 12.2 Å². The van der Waals surface area contributed by atoms with Gasteiger partial charge in [0.05, 0.1) is 12.1 Å². The Morgan fingerprint density at radius 3 is 2.78 bits per heavy atom. The molecule has 1 atom stereocenters. The van der Waals surface area contributed by atoms with Gasteiger partial charge in [0, 0.05) is 0 Å². The Morgan fingerprint density at radius 1 is 1.44 bits per heavy atom. The first kappa shape index (κ1) is 14.2. The highest BCUT2D eigenvalue weighted by Gasteiger charge is 2.17. The Morgan fingerprint density at radius 2 is 2.17 bits per heavy atom. The summed E-state index contributed by atoms with van der Waals surface area (Å²) in [6.45, 7) is 2.30. The van der Waals surface area contributed by atoms with Gasteiger partial charge in [-0.2, -0.15) is 0 Å². The van der Waals surface area contributed by atoms with Crippen LogP contribution >= 0.6 is 0 Å². The summed E-state index contributed by atoms with van der Waals surface area (Å²) in [5.41, 5.74) is 0.945. The Labute approximate surface area is 107 Å². The van der Waals surface area contributed by atoms with Crippen LogP contribution in [0, 0.1) is 5.92 Å². The third kappa shape index (κ3) is 4.99. The number of benzene rings is 1. The maximum absolute atomic E-state index is 11.8. The fraction of sp³-hybridized carbons (Fsp3) is 0.429. The van der Waals surface area contributed by atoms with Gasteiger partial charge < -0.3 is 9.94 Å². The van der Waals surface area contributed by atoms with E-state index in [-0.39, 0.29) is 12.6 Å². The minimum absolute atomic E-state index is 0.252. The Balaban J connectivity index is 2.46. The Bertz CT molecular complexity index is 376. The largest absolute Gasteiger partial charge is 0.460 e. The van der Waals surface area contributed by atoms with Crippen LogP contribution in [0.15, 0.2) is 35.5 Å². The van der Waals surface area contributed by atoms with Gasteiger partial charge in [-0.1, -0.05) is 50.1 Å². The lowest BCUT2D eigenvalue weighted by atomic mass is 10.0. The summed E-state index contributed by atoms with van der Waals surface area (Å²) < 4.78 is 5.20. The molecule has 0 aliphatic heterocycles. The second-order valence-corrected chi connectivity index (χ2v) is 4.11. The number of unbranched alkanes of at least 4 members (excludes halogenated alkanes) is 1. The van der Waals surface area contributed by atoms with Crippen molar-refractivity contribution in [2.75, 3.05) is 0 Å². The second-order valence-electron chi connectivity index (χ2n) is 4.11. The zero-order chi connectivity index (χ0) is 13.2. The maximum atomic E-state index is 11.8. The molecule has 1 aromatic rings. The summed E-state index contributed by atoms with van der Waals surface area (Å²) in [5, 5.41) is 11.5. The molecule has 0 fully saturated rings. The summed E-state index contributed by atoms with van der Waals surface area (Å²) >= 11 is 0. The molecule has 0 radical (unpaired) electrons. The SMILES string of the molecule is CCCCC(/C=N\O)C(=O)OCc1ccccc1. The van der Waals surface area contributed by atoms with Crippen molar-refractivity contribution in [2.45, 2.75) is 32.8 Å². The van der Waals surface area contributed by atoms with Gasteiger partial charge in [-0.05, 0) is 12.0 Å². The van der Waals surface area contributed by atoms with Crippen LogP contribution in [0.3, 0.4) is 0 Å². The predicted molar refractivity (Wildman–Crippen MR) is 69.5 cm³/mol. The Kier molecular flexibility index (Phi) is 6.54. The zero-order valence-corrected chi connectivity index (χ0v) is 10.6. The van der Waals surface area contributed by atoms with Gasteiger partial charge in [-0.25, -0.2) is 0 Å². The van der Waals surface area contributed by atoms with E-state index in [9.17, 15) is 4.79 Å². The zero-order valence-electron chi connectivity index (χ0n) is 10.6. The molecule has 98 valence electrons. The molecule has 0 aliphatic rings. The minimum Gasteiger partial charge on any atom is -0.460 e. The second kappa shape index (κ2) is 8.28. The van der Waals surface area contributed by atoms with Crippen molar-refractivity contribution in [1.82, 2.24) is 0 Å². The lowest BCUT2D eigenvalue weighted by molar-refractivity contribution is -0.147. The first-order valence-corrected chi connectivity index (χ1v) is 6.16. The van der Waals surface area contributed by atoms with Gasteiger partial charge in [-0.3, -0.25) is 4.79 Å². The summed E-state index contributed by atoms with van der Waals surface area (Å²) in [6.07, 6.45) is 3.77. The number of carbonyl (C=O) groups is 1. The molecule has 0 bridgehead atoms. The predicted octanol–water partition coefficient (Wildman–Crippen LogP) is 3.00. The van der Waals surface area contributed by atoms with Crippen LogP contribution in [0.1, 0.15) is 31.7 Å². The van der Waals surface area contributed by atoms with E-state index in [0.717, 1.165) is 18.4 Å². The van der Waals surface area contributed by atoms with Crippen molar-refractivity contribution < 1.29 is 14.7 Å². The summed E-state index contributed by atoms with van der Waals surface area (Å²) in [5.74, 6) is -0.802. The minimum atomic E-state index is -0.460. The van der Waals surface area contributed by atoms with E-state index in [1.54, 1.807) is 0 Å². The smallest absolute Gasteiger partial charge is 0.314 e. The van der Waals surface area contributed by atoms with Gasteiger partial charge in [0.1, 0.15) is 6.61 Å². The van der Waals surface area contributed by atoms with Crippen LogP contribution in [0.5, 0.6) is 0 Å². The Hall–Kier alpha value is -1.84. The average Bonchev–Trinajstić information content (AvgIpc) is 2.42. The summed E-state index contributed by atoms with van der Waals surface area (Å²) in [6, 6.07) is 9.50. The first-order valence-electron chi connectivity index (χ1n) is 6.16. The lowest BCUT2D eigenvalue weighted by Gasteiger charge is -2.11. The van der Waals surface area contributed by atoms with Crippen molar-refractivity contribution in [1.29, 1.82) is 0 Å². The van der Waals surface area contributed by atoms with Gasteiger partial charge in [0.15, 0.2) is 0 Å². The molecule has 1 unspecified atom stereocenters. The quantitative estimate of drug-likeness (QED) is 0.350. The van der Waals surface area contributed by atoms with Crippen molar-refractivity contribution in [2.24, 2.45) is 11.1 Å². The van der Waals surface area contributed by atoms with Crippen LogP contribution in [0.4, 0.5) is 0 Å². The van der Waals surface area contributed by atoms with Gasteiger partial charge in [-0.15, -0.1) is 5.16 Å². The number of carbonyl (C=O) groups excluding carboxylic acids is 1. The number of hydrogen-bond donors (Lipinski definition) is 1. The van der Waals surface area contributed by atoms with E-state index < -0.39 is 5.92 Å². The third-order valence-corrected chi connectivity index (χ3v) is 2.64. The standard InChI is InChI=1S/C14H19NO3/c1-2-3-9-13(10-15-17)14(16)18-11-12-7-5-4-6-8-12/h4-8,10,13,17H,2-3,9,11H2,1H3/b15-10-. The molecular weight excluding hydrogens is 230 g/mol. The number of esters is 1. The molecule has 0 amide bonds. The van der Waals surface area contributed by atoms with Crippen LogP contribution in [-0.4, -0.2) is 17.4 Å². The molecule has 18 heavy (non-hydrogen) atoms. The van der Waals surface area contributed by atoms with E-state index in [2.05, 4.69) is 5.16 Å². The highest BCUT2D eigenvalue weighted by atomic mass is 16.5. The van der Waals surface area contributed by atoms with Gasteiger partial charge in [0.2, 0.25) is 0 Å². The fourth-order valence-electron chi connectivity index (χ4n) is 1.59. The molecule has 0 saturated carbocycles. The van der Waals surface area contributed by atoms with Crippen molar-refractivity contribution in [3.8, 4) is 0 Å². The summed E-state index contributed by atoms with van der Waals surface area (Å²) in [4.78, 5) is 11.8. The molecule has 0 aromatic heterocycles. The molecule has 1 N–H and O–H groups in total. The molecule has 4 nitrogen and oxygen atoms in total. The van der Waals surface area contributed by atoms with Gasteiger partial charge >= 0.3 is 5.97 Å². The van der Waals surface area contributed by atoms with E-state index in [4.69, 9.17) is 9.94 Å². The highest BCUT2D eigenvalue weighted by molar-refractivity contribution is 5.89. The molecule has 0 spiro atoms.